The quantitative estimate of drug-likeness (QED) is 0.358. The molecule has 2 N–H and O–H groups in total. The summed E-state index contributed by atoms with van der Waals surface area (Å²) in [5.74, 6) is -2.46. The van der Waals surface area contributed by atoms with E-state index in [2.05, 4.69) is 15.6 Å². The molecule has 1 aliphatic heterocycles. The van der Waals surface area contributed by atoms with Crippen LogP contribution in [0.4, 0.5) is 26.0 Å². The van der Waals surface area contributed by atoms with Gasteiger partial charge in [0, 0.05) is 40.5 Å². The molecule has 1 fully saturated rings. The zero-order chi connectivity index (χ0) is 25.6. The molecule has 37 heavy (non-hydrogen) atoms. The Labute approximate surface area is 215 Å². The minimum absolute atomic E-state index is 0.172. The molecule has 0 unspecified atom stereocenters. The molecule has 0 radical (unpaired) electrons. The number of halogens is 2. The predicted octanol–water partition coefficient (Wildman–Crippen LogP) is 5.61. The van der Waals surface area contributed by atoms with Gasteiger partial charge in [-0.2, -0.15) is 0 Å². The molecule has 0 spiro atoms. The van der Waals surface area contributed by atoms with Crippen molar-refractivity contribution in [2.75, 3.05) is 23.4 Å². The fourth-order valence-corrected chi connectivity index (χ4v) is 5.59. The van der Waals surface area contributed by atoms with Gasteiger partial charge in [0.05, 0.1) is 29.0 Å². The summed E-state index contributed by atoms with van der Waals surface area (Å²) in [6.45, 7) is 0.899. The Morgan fingerprint density at radius 2 is 1.86 bits per heavy atom. The van der Waals surface area contributed by atoms with Crippen LogP contribution in [0.2, 0.25) is 0 Å². The number of benzene rings is 2. The van der Waals surface area contributed by atoms with Crippen molar-refractivity contribution in [3.05, 3.63) is 77.3 Å². The van der Waals surface area contributed by atoms with E-state index in [1.807, 2.05) is 53.4 Å². The Morgan fingerprint density at radius 3 is 2.70 bits per heavy atom. The van der Waals surface area contributed by atoms with Crippen LogP contribution in [-0.2, 0) is 0 Å². The van der Waals surface area contributed by atoms with Crippen LogP contribution in [0.15, 0.2) is 66.2 Å². The normalized spacial score (nSPS) is 16.4. The van der Waals surface area contributed by atoms with Gasteiger partial charge in [-0.1, -0.05) is 30.3 Å². The number of amides is 2. The first-order valence-electron chi connectivity index (χ1n) is 11.8. The molecule has 4 aromatic rings. The first kappa shape index (κ1) is 23.4. The third-order valence-electron chi connectivity index (χ3n) is 6.51. The topological polar surface area (TPSA) is 83.6 Å². The summed E-state index contributed by atoms with van der Waals surface area (Å²) in [5, 5.41) is 8.20. The summed E-state index contributed by atoms with van der Waals surface area (Å²) in [6.07, 6.45) is 0.627. The second-order valence-electron chi connectivity index (χ2n) is 9.10. The van der Waals surface area contributed by atoms with Crippen molar-refractivity contribution in [3.8, 4) is 5.75 Å². The maximum absolute atomic E-state index is 13.4. The standard InChI is InChI=1S/C27H22F2N4O3S/c28-27(29)12-17(13-27)31-25(34)16-11-20(32-26(35)19-15-37-23-8-4-1-5-18(19)23)24(30-14-16)33-9-10-36-22-7-3-2-6-21(22)33/h1-8,11,14-15,17H,9-10,12-13H2,(H,31,34)(H,32,35). The first-order valence-corrected chi connectivity index (χ1v) is 12.7. The van der Waals surface area contributed by atoms with E-state index in [1.165, 1.54) is 17.5 Å². The molecule has 2 aromatic heterocycles. The minimum Gasteiger partial charge on any atom is -0.490 e. The Balaban J connectivity index is 1.35. The van der Waals surface area contributed by atoms with E-state index in [0.717, 1.165) is 15.8 Å². The molecular formula is C27H22F2N4O3S. The fourth-order valence-electron chi connectivity index (χ4n) is 4.65. The van der Waals surface area contributed by atoms with E-state index < -0.39 is 17.9 Å². The van der Waals surface area contributed by atoms with E-state index in [1.54, 1.807) is 11.4 Å². The van der Waals surface area contributed by atoms with Crippen LogP contribution in [0.5, 0.6) is 5.75 Å². The number of fused-ring (bicyclic) bond motifs is 2. The van der Waals surface area contributed by atoms with Gasteiger partial charge in [0.25, 0.3) is 17.7 Å². The number of anilines is 3. The summed E-state index contributed by atoms with van der Waals surface area (Å²) >= 11 is 1.47. The van der Waals surface area contributed by atoms with Gasteiger partial charge >= 0.3 is 0 Å². The summed E-state index contributed by atoms with van der Waals surface area (Å²) < 4.78 is 33.2. The van der Waals surface area contributed by atoms with Crippen molar-refractivity contribution in [3.63, 3.8) is 0 Å². The van der Waals surface area contributed by atoms with Crippen molar-refractivity contribution in [2.45, 2.75) is 24.8 Å². The van der Waals surface area contributed by atoms with Crippen molar-refractivity contribution >= 4 is 50.4 Å². The van der Waals surface area contributed by atoms with E-state index in [-0.39, 0.29) is 24.3 Å². The summed E-state index contributed by atoms with van der Waals surface area (Å²) in [6, 6.07) is 16.1. The average molecular weight is 521 g/mol. The van der Waals surface area contributed by atoms with Crippen molar-refractivity contribution in [1.29, 1.82) is 0 Å². The first-order chi connectivity index (χ1) is 17.9. The van der Waals surface area contributed by atoms with E-state index >= 15 is 0 Å². The zero-order valence-corrected chi connectivity index (χ0v) is 20.4. The van der Waals surface area contributed by atoms with E-state index in [4.69, 9.17) is 4.74 Å². The predicted molar refractivity (Wildman–Crippen MR) is 138 cm³/mol. The van der Waals surface area contributed by atoms with Gasteiger partial charge < -0.3 is 20.3 Å². The highest BCUT2D eigenvalue weighted by atomic mass is 32.1. The van der Waals surface area contributed by atoms with Gasteiger partial charge in [-0.3, -0.25) is 9.59 Å². The smallest absolute Gasteiger partial charge is 0.257 e. The molecule has 3 heterocycles. The Hall–Kier alpha value is -4.05. The largest absolute Gasteiger partial charge is 0.490 e. The van der Waals surface area contributed by atoms with Crippen molar-refractivity contribution in [1.82, 2.24) is 10.3 Å². The van der Waals surface area contributed by atoms with Crippen LogP contribution in [0.3, 0.4) is 0 Å². The summed E-state index contributed by atoms with van der Waals surface area (Å²) in [7, 11) is 0. The van der Waals surface area contributed by atoms with Gasteiger partial charge in [-0.15, -0.1) is 11.3 Å². The molecule has 6 rings (SSSR count). The van der Waals surface area contributed by atoms with Gasteiger partial charge in [-0.25, -0.2) is 13.8 Å². The van der Waals surface area contributed by atoms with Gasteiger partial charge in [0.1, 0.15) is 12.4 Å². The summed E-state index contributed by atoms with van der Waals surface area (Å²) in [4.78, 5) is 32.7. The van der Waals surface area contributed by atoms with Gasteiger partial charge in [-0.05, 0) is 24.3 Å². The number of thiophene rings is 1. The second kappa shape index (κ2) is 9.11. The molecule has 0 atom stereocenters. The number of rotatable bonds is 5. The Morgan fingerprint density at radius 1 is 1.08 bits per heavy atom. The third-order valence-corrected chi connectivity index (χ3v) is 7.48. The number of nitrogens with one attached hydrogen (secondary N) is 2. The molecule has 2 aliphatic rings. The molecule has 2 aromatic carbocycles. The summed E-state index contributed by atoms with van der Waals surface area (Å²) in [5.41, 5.74) is 1.81. The lowest BCUT2D eigenvalue weighted by molar-refractivity contribution is -0.0901. The lowest BCUT2D eigenvalue weighted by Gasteiger charge is -2.35. The number of para-hydroxylation sites is 2. The van der Waals surface area contributed by atoms with Gasteiger partial charge in [0.15, 0.2) is 5.82 Å². The van der Waals surface area contributed by atoms with Gasteiger partial charge in [0.2, 0.25) is 0 Å². The zero-order valence-electron chi connectivity index (χ0n) is 19.5. The molecule has 188 valence electrons. The lowest BCUT2D eigenvalue weighted by atomic mass is 9.88. The third kappa shape index (κ3) is 4.48. The monoisotopic (exact) mass is 520 g/mol. The van der Waals surface area contributed by atoms with Crippen LogP contribution < -0.4 is 20.3 Å². The number of hydrogen-bond donors (Lipinski definition) is 2. The molecule has 1 aliphatic carbocycles. The highest BCUT2D eigenvalue weighted by molar-refractivity contribution is 7.17. The molecule has 1 saturated carbocycles. The van der Waals surface area contributed by atoms with Crippen LogP contribution in [-0.4, -0.2) is 41.9 Å². The molecule has 0 saturated heterocycles. The Kier molecular flexibility index (Phi) is 5.75. The maximum Gasteiger partial charge on any atom is 0.257 e. The van der Waals surface area contributed by atoms with Crippen LogP contribution >= 0.6 is 11.3 Å². The highest BCUT2D eigenvalue weighted by Gasteiger charge is 2.46. The lowest BCUT2D eigenvalue weighted by Crippen LogP contribution is -2.50. The highest BCUT2D eigenvalue weighted by Crippen LogP contribution is 2.40. The number of carbonyl (C=O) groups is 2. The molecular weight excluding hydrogens is 498 g/mol. The molecule has 2 amide bonds. The number of alkyl halides is 2. The number of pyridine rings is 1. The second-order valence-corrected chi connectivity index (χ2v) is 10.0. The Bertz CT molecular complexity index is 1510. The SMILES string of the molecule is O=C(NC1CC(F)(F)C1)c1cnc(N2CCOc3ccccc32)c(NC(=O)c2csc3ccccc23)c1. The fraction of sp³-hybridized carbons (Fsp3) is 0.222. The van der Waals surface area contributed by atoms with Crippen LogP contribution in [0.1, 0.15) is 33.6 Å². The minimum atomic E-state index is -2.74. The molecule has 0 bridgehead atoms. The number of nitrogens with zero attached hydrogens (tertiary/aromatic N) is 2. The number of ether oxygens (including phenoxy) is 1. The van der Waals surface area contributed by atoms with Crippen molar-refractivity contribution < 1.29 is 23.1 Å². The average Bonchev–Trinajstić information content (AvgIpc) is 3.32. The van der Waals surface area contributed by atoms with Crippen LogP contribution in [0, 0.1) is 0 Å². The number of hydrogen-bond acceptors (Lipinski definition) is 6. The molecule has 7 nitrogen and oxygen atoms in total. The maximum atomic E-state index is 13.4. The number of carbonyl (C=O) groups excluding carboxylic acids is 2. The van der Waals surface area contributed by atoms with Crippen LogP contribution in [0.25, 0.3) is 10.1 Å². The van der Waals surface area contributed by atoms with Crippen molar-refractivity contribution in [2.24, 2.45) is 0 Å². The van der Waals surface area contributed by atoms with E-state index in [9.17, 15) is 18.4 Å². The van der Waals surface area contributed by atoms with E-state index in [0.29, 0.717) is 36.0 Å². The molecule has 10 heteroatoms. The number of aromatic nitrogens is 1.